The second-order valence-electron chi connectivity index (χ2n) is 6.59. The van der Waals surface area contributed by atoms with Crippen LogP contribution in [0.4, 0.5) is 4.79 Å². The molecule has 0 aromatic heterocycles. The molecule has 1 aliphatic rings. The normalized spacial score (nSPS) is 19.1. The van der Waals surface area contributed by atoms with E-state index in [0.29, 0.717) is 23.6 Å². The number of likely N-dealkylation sites (tertiary alicyclic amines) is 1. The van der Waals surface area contributed by atoms with E-state index >= 15 is 0 Å². The Bertz CT molecular complexity index is 700. The first-order valence-electron chi connectivity index (χ1n) is 9.09. The molecular weight excluding hydrogens is 368 g/mol. The SMILES string of the molecule is CCCCN1C[C@@H](C(=O)NOC(=O)O)[C@H](c2cc(OC)cc(OC)c2)CC1=O. The van der Waals surface area contributed by atoms with Gasteiger partial charge in [-0.25, -0.2) is 4.79 Å². The molecule has 2 amide bonds. The smallest absolute Gasteiger partial charge is 0.497 e. The summed E-state index contributed by atoms with van der Waals surface area (Å²) in [7, 11) is 3.03. The fourth-order valence-electron chi connectivity index (χ4n) is 3.32. The van der Waals surface area contributed by atoms with Gasteiger partial charge in [0.1, 0.15) is 11.5 Å². The number of hydroxylamine groups is 1. The van der Waals surface area contributed by atoms with Crippen molar-refractivity contribution in [2.45, 2.75) is 32.1 Å². The Hall–Kier alpha value is -2.97. The third kappa shape index (κ3) is 5.28. The summed E-state index contributed by atoms with van der Waals surface area (Å²) in [5.74, 6) is -0.712. The quantitative estimate of drug-likeness (QED) is 0.681. The Kier molecular flexibility index (Phi) is 7.48. The van der Waals surface area contributed by atoms with E-state index in [9.17, 15) is 14.4 Å². The lowest BCUT2D eigenvalue weighted by Gasteiger charge is -2.37. The zero-order valence-electron chi connectivity index (χ0n) is 16.3. The number of amides is 2. The average molecular weight is 394 g/mol. The minimum atomic E-state index is -1.61. The molecule has 28 heavy (non-hydrogen) atoms. The predicted molar refractivity (Wildman–Crippen MR) is 99.1 cm³/mol. The summed E-state index contributed by atoms with van der Waals surface area (Å²) < 4.78 is 10.6. The maximum absolute atomic E-state index is 12.6. The van der Waals surface area contributed by atoms with Gasteiger partial charge in [0.2, 0.25) is 5.91 Å². The maximum atomic E-state index is 12.6. The van der Waals surface area contributed by atoms with Crippen molar-refractivity contribution in [2.75, 3.05) is 27.3 Å². The van der Waals surface area contributed by atoms with Gasteiger partial charge in [-0.05, 0) is 24.1 Å². The molecule has 9 heteroatoms. The molecule has 0 aliphatic carbocycles. The number of nitrogens with zero attached hydrogens (tertiary/aromatic N) is 1. The van der Waals surface area contributed by atoms with Gasteiger partial charge in [-0.3, -0.25) is 9.59 Å². The van der Waals surface area contributed by atoms with E-state index in [1.165, 1.54) is 14.2 Å². The summed E-state index contributed by atoms with van der Waals surface area (Å²) in [6, 6.07) is 5.20. The maximum Gasteiger partial charge on any atom is 0.530 e. The van der Waals surface area contributed by atoms with Gasteiger partial charge in [0, 0.05) is 31.5 Å². The number of rotatable bonds is 7. The van der Waals surface area contributed by atoms with Gasteiger partial charge in [-0.15, -0.1) is 0 Å². The van der Waals surface area contributed by atoms with Crippen LogP contribution in [0, 0.1) is 5.92 Å². The molecular formula is C19H26N2O7. The highest BCUT2D eigenvalue weighted by molar-refractivity contribution is 5.85. The Morgan fingerprint density at radius 3 is 2.39 bits per heavy atom. The zero-order valence-corrected chi connectivity index (χ0v) is 16.3. The molecule has 154 valence electrons. The monoisotopic (exact) mass is 394 g/mol. The number of piperidine rings is 1. The second kappa shape index (κ2) is 9.82. The van der Waals surface area contributed by atoms with Gasteiger partial charge in [0.25, 0.3) is 5.91 Å². The van der Waals surface area contributed by atoms with Gasteiger partial charge >= 0.3 is 6.16 Å². The third-order valence-electron chi connectivity index (χ3n) is 4.81. The molecule has 2 atom stereocenters. The number of unbranched alkanes of at least 4 members (excludes halogenated alkanes) is 1. The minimum Gasteiger partial charge on any atom is -0.497 e. The number of nitrogens with one attached hydrogen (secondary N) is 1. The van der Waals surface area contributed by atoms with E-state index in [0.717, 1.165) is 12.8 Å². The van der Waals surface area contributed by atoms with Crippen molar-refractivity contribution >= 4 is 18.0 Å². The van der Waals surface area contributed by atoms with E-state index < -0.39 is 23.9 Å². The van der Waals surface area contributed by atoms with E-state index in [2.05, 4.69) is 4.84 Å². The summed E-state index contributed by atoms with van der Waals surface area (Å²) in [6.45, 7) is 2.75. The van der Waals surface area contributed by atoms with Crippen molar-refractivity contribution in [3.63, 3.8) is 0 Å². The molecule has 0 radical (unpaired) electrons. The first-order chi connectivity index (χ1) is 13.4. The number of hydrogen-bond donors (Lipinski definition) is 2. The first-order valence-corrected chi connectivity index (χ1v) is 9.09. The Morgan fingerprint density at radius 2 is 1.86 bits per heavy atom. The van der Waals surface area contributed by atoms with Crippen LogP contribution in [-0.4, -0.2) is 55.3 Å². The third-order valence-corrected chi connectivity index (χ3v) is 4.81. The highest BCUT2D eigenvalue weighted by Crippen LogP contribution is 2.37. The van der Waals surface area contributed by atoms with Crippen LogP contribution in [0.3, 0.4) is 0 Å². The minimum absolute atomic E-state index is 0.0524. The lowest BCUT2D eigenvalue weighted by Crippen LogP contribution is -2.49. The van der Waals surface area contributed by atoms with Crippen LogP contribution in [0.25, 0.3) is 0 Å². The first kappa shape index (κ1) is 21.3. The van der Waals surface area contributed by atoms with Crippen LogP contribution in [0.5, 0.6) is 11.5 Å². The second-order valence-corrected chi connectivity index (χ2v) is 6.59. The van der Waals surface area contributed by atoms with Crippen molar-refractivity contribution in [1.29, 1.82) is 0 Å². The Morgan fingerprint density at radius 1 is 1.21 bits per heavy atom. The Balaban J connectivity index is 2.34. The number of carbonyl (C=O) groups is 3. The van der Waals surface area contributed by atoms with Crippen molar-refractivity contribution < 1.29 is 33.8 Å². The number of methoxy groups -OCH3 is 2. The summed E-state index contributed by atoms with van der Waals surface area (Å²) >= 11 is 0. The van der Waals surface area contributed by atoms with Crippen LogP contribution >= 0.6 is 0 Å². The summed E-state index contributed by atoms with van der Waals surface area (Å²) in [4.78, 5) is 41.8. The average Bonchev–Trinajstić information content (AvgIpc) is 2.70. The van der Waals surface area contributed by atoms with Crippen molar-refractivity contribution in [3.8, 4) is 11.5 Å². The summed E-state index contributed by atoms with van der Waals surface area (Å²) in [5, 5.41) is 8.66. The molecule has 1 aromatic carbocycles. The molecule has 1 aliphatic heterocycles. The van der Waals surface area contributed by atoms with Gasteiger partial charge in [-0.2, -0.15) is 5.48 Å². The topological polar surface area (TPSA) is 114 Å². The lowest BCUT2D eigenvalue weighted by atomic mass is 9.79. The number of carbonyl (C=O) groups excluding carboxylic acids is 2. The molecule has 0 bridgehead atoms. The standard InChI is InChI=1S/C19H26N2O7/c1-4-5-6-21-11-16(18(23)20-28-19(24)25)15(10-17(21)22)12-7-13(26-2)9-14(8-12)27-3/h7-9,15-16H,4-6,10-11H2,1-3H3,(H,20,23)(H,24,25)/t15-,16+/m0/s1. The molecule has 9 nitrogen and oxygen atoms in total. The molecule has 1 heterocycles. The van der Waals surface area contributed by atoms with Crippen LogP contribution in [0.15, 0.2) is 18.2 Å². The van der Waals surface area contributed by atoms with Gasteiger partial charge in [0.15, 0.2) is 0 Å². The molecule has 0 saturated carbocycles. The predicted octanol–water partition coefficient (Wildman–Crippen LogP) is 2.16. The van der Waals surface area contributed by atoms with E-state index in [1.54, 1.807) is 23.1 Å². The highest BCUT2D eigenvalue weighted by atomic mass is 16.8. The lowest BCUT2D eigenvalue weighted by molar-refractivity contribution is -0.144. The molecule has 2 N–H and O–H groups in total. The molecule has 2 rings (SSSR count). The molecule has 1 fully saturated rings. The summed E-state index contributed by atoms with van der Waals surface area (Å²) in [5.41, 5.74) is 2.67. The highest BCUT2D eigenvalue weighted by Gasteiger charge is 2.39. The number of hydrogen-bond acceptors (Lipinski definition) is 6. The largest absolute Gasteiger partial charge is 0.530 e. The van der Waals surface area contributed by atoms with Crippen molar-refractivity contribution in [3.05, 3.63) is 23.8 Å². The fourth-order valence-corrected chi connectivity index (χ4v) is 3.32. The van der Waals surface area contributed by atoms with E-state index in [1.807, 2.05) is 12.4 Å². The number of carboxylic acid groups (broad SMARTS) is 1. The van der Waals surface area contributed by atoms with Gasteiger partial charge in [-0.1, -0.05) is 13.3 Å². The van der Waals surface area contributed by atoms with E-state index in [-0.39, 0.29) is 18.9 Å². The van der Waals surface area contributed by atoms with Crippen molar-refractivity contribution in [2.24, 2.45) is 5.92 Å². The number of benzene rings is 1. The molecule has 1 saturated heterocycles. The zero-order chi connectivity index (χ0) is 20.7. The van der Waals surface area contributed by atoms with Crippen LogP contribution < -0.4 is 15.0 Å². The van der Waals surface area contributed by atoms with Crippen molar-refractivity contribution in [1.82, 2.24) is 10.4 Å². The van der Waals surface area contributed by atoms with Crippen LogP contribution in [0.1, 0.15) is 37.7 Å². The summed E-state index contributed by atoms with van der Waals surface area (Å²) in [6.07, 6.45) is 0.246. The number of ether oxygens (including phenoxy) is 2. The van der Waals surface area contributed by atoms with Gasteiger partial charge < -0.3 is 24.3 Å². The fraction of sp³-hybridized carbons (Fsp3) is 0.526. The Labute approximate surface area is 163 Å². The van der Waals surface area contributed by atoms with Crippen LogP contribution in [-0.2, 0) is 14.4 Å². The molecule has 0 unspecified atom stereocenters. The molecule has 1 aromatic rings. The van der Waals surface area contributed by atoms with E-state index in [4.69, 9.17) is 14.6 Å². The van der Waals surface area contributed by atoms with Gasteiger partial charge in [0.05, 0.1) is 20.1 Å². The molecule has 0 spiro atoms. The van der Waals surface area contributed by atoms with Crippen LogP contribution in [0.2, 0.25) is 0 Å².